The maximum atomic E-state index is 12.4. The van der Waals surface area contributed by atoms with E-state index < -0.39 is 5.60 Å². The lowest BCUT2D eigenvalue weighted by Crippen LogP contribution is -2.52. The normalized spacial score (nSPS) is 23.4. The van der Waals surface area contributed by atoms with Crippen LogP contribution in [0.2, 0.25) is 5.02 Å². The smallest absolute Gasteiger partial charge is 0.217 e. The third-order valence-electron chi connectivity index (χ3n) is 8.19. The van der Waals surface area contributed by atoms with E-state index in [-0.39, 0.29) is 13.3 Å². The fourth-order valence-corrected chi connectivity index (χ4v) is 7.01. The maximum absolute atomic E-state index is 12.4. The zero-order valence-electron chi connectivity index (χ0n) is 21.3. The molecule has 0 amide bonds. The Morgan fingerprint density at radius 2 is 1.89 bits per heavy atom. The highest BCUT2D eigenvalue weighted by atomic mass is 35.5. The average molecular weight is 541 g/mol. The summed E-state index contributed by atoms with van der Waals surface area (Å²) < 4.78 is 5.85. The first-order valence-electron chi connectivity index (χ1n) is 13.2. The van der Waals surface area contributed by atoms with Crippen LogP contribution >= 0.6 is 23.4 Å². The van der Waals surface area contributed by atoms with Crippen molar-refractivity contribution in [3.63, 3.8) is 0 Å². The van der Waals surface area contributed by atoms with Gasteiger partial charge in [0.25, 0.3) is 0 Å². The number of hydrogen-bond acceptors (Lipinski definition) is 5. The van der Waals surface area contributed by atoms with E-state index in [1.807, 2.05) is 30.3 Å². The van der Waals surface area contributed by atoms with Crippen LogP contribution in [0.4, 0.5) is 0 Å². The number of halogens is 1. The molecule has 0 bridgehead atoms. The van der Waals surface area contributed by atoms with Crippen LogP contribution in [0.25, 0.3) is 10.9 Å². The Morgan fingerprint density at radius 1 is 1.14 bits per heavy atom. The second kappa shape index (κ2) is 12.4. The van der Waals surface area contributed by atoms with E-state index in [0.29, 0.717) is 29.8 Å². The minimum Gasteiger partial charge on any atom is -0.481 e. The van der Waals surface area contributed by atoms with Gasteiger partial charge in [0.15, 0.2) is 0 Å². The van der Waals surface area contributed by atoms with E-state index in [4.69, 9.17) is 21.3 Å². The minimum atomic E-state index is -0.918. The number of nitrogens with zero attached hydrogens (tertiary/aromatic N) is 1. The standard InChI is InChI=1S/C30H37ClN2O2S.CH4/c1-35-29-26(18-22-17-25(36-2)12-13-27(22)33-29)28(21-8-10-23(31)11-9-21)30(34)14-15-32-24(19-30)16-20-6-4-3-5-7-20;/h8-13,17-18,20,24,28,32,34H,3-7,14-16,19H2,1-2H3;1H4. The maximum Gasteiger partial charge on any atom is 0.217 e. The molecule has 6 heteroatoms. The lowest BCUT2D eigenvalue weighted by molar-refractivity contribution is -0.0226. The highest BCUT2D eigenvalue weighted by Crippen LogP contribution is 2.46. The summed E-state index contributed by atoms with van der Waals surface area (Å²) in [6.07, 6.45) is 11.3. The van der Waals surface area contributed by atoms with Crippen LogP contribution in [0.15, 0.2) is 53.4 Å². The summed E-state index contributed by atoms with van der Waals surface area (Å²) in [6, 6.07) is 16.7. The van der Waals surface area contributed by atoms with Crippen LogP contribution in [0.1, 0.15) is 75.8 Å². The molecule has 37 heavy (non-hydrogen) atoms. The molecule has 2 aliphatic rings. The second-order valence-corrected chi connectivity index (χ2v) is 11.9. The van der Waals surface area contributed by atoms with Crippen LogP contribution in [-0.2, 0) is 0 Å². The molecular weight excluding hydrogens is 500 g/mol. The molecule has 200 valence electrons. The molecule has 0 radical (unpaired) electrons. The predicted molar refractivity (Wildman–Crippen MR) is 157 cm³/mol. The van der Waals surface area contributed by atoms with Crippen molar-refractivity contribution in [2.45, 2.75) is 81.2 Å². The number of hydrogen-bond donors (Lipinski definition) is 2. The highest BCUT2D eigenvalue weighted by molar-refractivity contribution is 7.98. The largest absolute Gasteiger partial charge is 0.481 e. The average Bonchev–Trinajstić information content (AvgIpc) is 2.89. The number of fused-ring (bicyclic) bond motifs is 1. The summed E-state index contributed by atoms with van der Waals surface area (Å²) in [4.78, 5) is 6.08. The molecule has 2 aromatic carbocycles. The van der Waals surface area contributed by atoms with Crippen molar-refractivity contribution in [3.05, 3.63) is 64.7 Å². The first-order chi connectivity index (χ1) is 17.5. The van der Waals surface area contributed by atoms with E-state index in [9.17, 15) is 5.11 Å². The molecule has 2 fully saturated rings. The van der Waals surface area contributed by atoms with Gasteiger partial charge in [-0.3, -0.25) is 0 Å². The van der Waals surface area contributed by atoms with Gasteiger partial charge in [0.1, 0.15) is 0 Å². The van der Waals surface area contributed by atoms with E-state index >= 15 is 0 Å². The lowest BCUT2D eigenvalue weighted by Gasteiger charge is -2.44. The molecule has 3 unspecified atom stereocenters. The van der Waals surface area contributed by atoms with Crippen LogP contribution < -0.4 is 10.1 Å². The number of rotatable bonds is 7. The predicted octanol–water partition coefficient (Wildman–Crippen LogP) is 7.84. The zero-order chi connectivity index (χ0) is 25.1. The van der Waals surface area contributed by atoms with Gasteiger partial charge >= 0.3 is 0 Å². The topological polar surface area (TPSA) is 54.4 Å². The number of aliphatic hydroxyl groups is 1. The highest BCUT2D eigenvalue weighted by Gasteiger charge is 2.44. The SMILES string of the molecule is C.COc1nc2ccc(SC)cc2cc1C(c1ccc(Cl)cc1)C1(O)CCNC(CC2CCCCC2)C1. The first kappa shape index (κ1) is 28.2. The Labute approximate surface area is 231 Å². The van der Waals surface area contributed by atoms with Gasteiger partial charge in [0, 0.05) is 32.8 Å². The van der Waals surface area contributed by atoms with Crippen molar-refractivity contribution >= 4 is 34.3 Å². The quantitative estimate of drug-likeness (QED) is 0.299. The Balaban J connectivity index is 0.00000320. The summed E-state index contributed by atoms with van der Waals surface area (Å²) in [5, 5.41) is 17.9. The van der Waals surface area contributed by atoms with E-state index in [2.05, 4.69) is 29.8 Å². The number of thioether (sulfide) groups is 1. The third kappa shape index (κ3) is 6.27. The van der Waals surface area contributed by atoms with Crippen LogP contribution in [0.5, 0.6) is 5.88 Å². The second-order valence-electron chi connectivity index (χ2n) is 10.6. The number of benzene rings is 2. The van der Waals surface area contributed by atoms with Gasteiger partial charge < -0.3 is 15.2 Å². The van der Waals surface area contributed by atoms with Gasteiger partial charge in [0.05, 0.1) is 18.2 Å². The number of piperidine rings is 1. The molecule has 2 N–H and O–H groups in total. The summed E-state index contributed by atoms with van der Waals surface area (Å²) in [6.45, 7) is 0.803. The van der Waals surface area contributed by atoms with Gasteiger partial charge in [0.2, 0.25) is 5.88 Å². The van der Waals surface area contributed by atoms with Gasteiger partial charge in [-0.25, -0.2) is 4.98 Å². The van der Waals surface area contributed by atoms with Crippen molar-refractivity contribution in [2.24, 2.45) is 5.92 Å². The third-order valence-corrected chi connectivity index (χ3v) is 9.17. The Kier molecular flexibility index (Phi) is 9.44. The van der Waals surface area contributed by atoms with Crippen molar-refractivity contribution in [1.29, 1.82) is 0 Å². The number of aromatic nitrogens is 1. The molecule has 1 aliphatic heterocycles. The first-order valence-corrected chi connectivity index (χ1v) is 14.8. The van der Waals surface area contributed by atoms with Crippen molar-refractivity contribution in [2.75, 3.05) is 19.9 Å². The molecule has 0 spiro atoms. The molecule has 2 heterocycles. The summed E-state index contributed by atoms with van der Waals surface area (Å²) in [7, 11) is 1.67. The Morgan fingerprint density at radius 3 is 2.59 bits per heavy atom. The Hall–Kier alpha value is -1.79. The zero-order valence-corrected chi connectivity index (χ0v) is 22.9. The van der Waals surface area contributed by atoms with Crippen LogP contribution in [-0.4, -0.2) is 41.6 Å². The number of methoxy groups -OCH3 is 1. The fourth-order valence-electron chi connectivity index (χ4n) is 6.43. The lowest BCUT2D eigenvalue weighted by atomic mass is 9.69. The number of ether oxygens (including phenoxy) is 1. The molecular formula is C31H41ClN2O2S. The van der Waals surface area contributed by atoms with E-state index in [1.165, 1.54) is 37.0 Å². The molecule has 3 aromatic rings. The van der Waals surface area contributed by atoms with Gasteiger partial charge in [-0.05, 0) is 79.9 Å². The van der Waals surface area contributed by atoms with Gasteiger partial charge in [-0.2, -0.15) is 0 Å². The number of nitrogens with one attached hydrogen (secondary N) is 1. The number of pyridine rings is 1. The van der Waals surface area contributed by atoms with Crippen molar-refractivity contribution < 1.29 is 9.84 Å². The molecule has 5 rings (SSSR count). The fraction of sp³-hybridized carbons (Fsp3) is 0.516. The molecule has 1 aliphatic carbocycles. The molecule has 1 aromatic heterocycles. The molecule has 4 nitrogen and oxygen atoms in total. The van der Waals surface area contributed by atoms with Crippen LogP contribution in [0, 0.1) is 5.92 Å². The molecule has 3 atom stereocenters. The van der Waals surface area contributed by atoms with Gasteiger partial charge in [-0.1, -0.05) is 63.3 Å². The van der Waals surface area contributed by atoms with Gasteiger partial charge in [-0.15, -0.1) is 11.8 Å². The summed E-state index contributed by atoms with van der Waals surface area (Å²) in [5.41, 5.74) is 1.96. The molecule has 1 saturated carbocycles. The minimum absolute atomic E-state index is 0. The monoisotopic (exact) mass is 540 g/mol. The van der Waals surface area contributed by atoms with Crippen molar-refractivity contribution in [3.8, 4) is 5.88 Å². The van der Waals surface area contributed by atoms with E-state index in [1.54, 1.807) is 18.9 Å². The van der Waals surface area contributed by atoms with Crippen LogP contribution in [0.3, 0.4) is 0 Å². The summed E-state index contributed by atoms with van der Waals surface area (Å²) >= 11 is 7.99. The molecule has 1 saturated heterocycles. The van der Waals surface area contributed by atoms with Crippen molar-refractivity contribution in [1.82, 2.24) is 10.3 Å². The Bertz CT molecular complexity index is 1180. The van der Waals surface area contributed by atoms with E-state index in [0.717, 1.165) is 40.9 Å². The summed E-state index contributed by atoms with van der Waals surface area (Å²) in [5.74, 6) is 1.07.